The fraction of sp³-hybridized carbons (Fsp3) is 0.375. The van der Waals surface area contributed by atoms with Crippen LogP contribution in [0, 0.1) is 0 Å². The zero-order valence-electron chi connectivity index (χ0n) is 6.16. The SMILES string of the molecule is c1cc([C@@H]2CCNO2)ccn1. The first kappa shape index (κ1) is 6.76. The second-order valence-electron chi connectivity index (χ2n) is 2.57. The van der Waals surface area contributed by atoms with E-state index < -0.39 is 0 Å². The quantitative estimate of drug-likeness (QED) is 0.649. The molecule has 0 aliphatic carbocycles. The van der Waals surface area contributed by atoms with E-state index in [-0.39, 0.29) is 6.10 Å². The summed E-state index contributed by atoms with van der Waals surface area (Å²) in [4.78, 5) is 9.20. The standard InChI is InChI=1S/C8H10N2O/c1-4-9-5-2-7(1)8-3-6-10-11-8/h1-2,4-5,8,10H,3,6H2/t8-/m0/s1. The van der Waals surface area contributed by atoms with Gasteiger partial charge in [-0.25, -0.2) is 5.48 Å². The van der Waals surface area contributed by atoms with E-state index in [1.807, 2.05) is 12.1 Å². The Morgan fingerprint density at radius 2 is 2.27 bits per heavy atom. The van der Waals surface area contributed by atoms with Gasteiger partial charge in [0.25, 0.3) is 0 Å². The third-order valence-corrected chi connectivity index (χ3v) is 1.81. The normalized spacial score (nSPS) is 23.8. The van der Waals surface area contributed by atoms with Gasteiger partial charge < -0.3 is 0 Å². The number of pyridine rings is 1. The molecule has 1 aromatic rings. The Bertz CT molecular complexity index is 219. The average Bonchev–Trinajstić information content (AvgIpc) is 2.58. The molecule has 0 spiro atoms. The molecule has 58 valence electrons. The minimum Gasteiger partial charge on any atom is -0.294 e. The summed E-state index contributed by atoms with van der Waals surface area (Å²) in [6, 6.07) is 3.97. The van der Waals surface area contributed by atoms with Gasteiger partial charge in [0, 0.05) is 18.9 Å². The number of hydrogen-bond acceptors (Lipinski definition) is 3. The number of aromatic nitrogens is 1. The Morgan fingerprint density at radius 1 is 1.45 bits per heavy atom. The van der Waals surface area contributed by atoms with Crippen LogP contribution in [0.1, 0.15) is 18.1 Å². The molecule has 1 atom stereocenters. The highest BCUT2D eigenvalue weighted by molar-refractivity contribution is 5.13. The van der Waals surface area contributed by atoms with Crippen molar-refractivity contribution in [1.82, 2.24) is 10.5 Å². The Hall–Kier alpha value is -0.930. The Balaban J connectivity index is 2.16. The lowest BCUT2D eigenvalue weighted by Crippen LogP contribution is -2.04. The Morgan fingerprint density at radius 3 is 2.91 bits per heavy atom. The average molecular weight is 150 g/mol. The minimum absolute atomic E-state index is 0.220. The van der Waals surface area contributed by atoms with Crippen molar-refractivity contribution in [2.45, 2.75) is 12.5 Å². The van der Waals surface area contributed by atoms with E-state index in [9.17, 15) is 0 Å². The second kappa shape index (κ2) is 2.98. The van der Waals surface area contributed by atoms with E-state index in [1.54, 1.807) is 12.4 Å². The van der Waals surface area contributed by atoms with E-state index in [0.717, 1.165) is 13.0 Å². The molecule has 1 N–H and O–H groups in total. The molecule has 11 heavy (non-hydrogen) atoms. The molecule has 0 amide bonds. The van der Waals surface area contributed by atoms with Crippen molar-refractivity contribution in [3.63, 3.8) is 0 Å². The molecule has 1 aliphatic rings. The number of hydroxylamine groups is 1. The summed E-state index contributed by atoms with van der Waals surface area (Å²) in [6.45, 7) is 0.937. The molecule has 0 bridgehead atoms. The number of rotatable bonds is 1. The van der Waals surface area contributed by atoms with Gasteiger partial charge in [-0.3, -0.25) is 9.82 Å². The summed E-state index contributed by atoms with van der Waals surface area (Å²) in [7, 11) is 0. The first-order valence-electron chi connectivity index (χ1n) is 3.75. The van der Waals surface area contributed by atoms with Crippen LogP contribution in [0.4, 0.5) is 0 Å². The van der Waals surface area contributed by atoms with Crippen LogP contribution >= 0.6 is 0 Å². The van der Waals surface area contributed by atoms with Crippen LogP contribution < -0.4 is 5.48 Å². The van der Waals surface area contributed by atoms with E-state index in [4.69, 9.17) is 4.84 Å². The molecule has 2 heterocycles. The van der Waals surface area contributed by atoms with Crippen LogP contribution in [-0.2, 0) is 4.84 Å². The molecule has 3 heteroatoms. The highest BCUT2D eigenvalue weighted by Crippen LogP contribution is 2.21. The molecule has 3 nitrogen and oxygen atoms in total. The maximum absolute atomic E-state index is 5.26. The van der Waals surface area contributed by atoms with Crippen LogP contribution in [0.15, 0.2) is 24.5 Å². The van der Waals surface area contributed by atoms with Gasteiger partial charge in [-0.05, 0) is 24.1 Å². The number of nitrogens with zero attached hydrogens (tertiary/aromatic N) is 1. The molecule has 0 saturated carbocycles. The van der Waals surface area contributed by atoms with Gasteiger partial charge in [0.1, 0.15) is 6.10 Å². The first-order chi connectivity index (χ1) is 5.47. The molecule has 1 aliphatic heterocycles. The van der Waals surface area contributed by atoms with Gasteiger partial charge >= 0.3 is 0 Å². The summed E-state index contributed by atoms with van der Waals surface area (Å²) in [5.74, 6) is 0. The Labute approximate surface area is 65.4 Å². The van der Waals surface area contributed by atoms with Crippen LogP contribution in [0.5, 0.6) is 0 Å². The summed E-state index contributed by atoms with van der Waals surface area (Å²) in [6.07, 6.45) is 4.84. The molecule has 0 unspecified atom stereocenters. The van der Waals surface area contributed by atoms with Crippen LogP contribution in [0.3, 0.4) is 0 Å². The van der Waals surface area contributed by atoms with Crippen molar-refractivity contribution < 1.29 is 4.84 Å². The lowest BCUT2D eigenvalue weighted by atomic mass is 10.1. The van der Waals surface area contributed by atoms with Crippen molar-refractivity contribution in [1.29, 1.82) is 0 Å². The maximum Gasteiger partial charge on any atom is 0.105 e. The van der Waals surface area contributed by atoms with Gasteiger partial charge in [0.15, 0.2) is 0 Å². The lowest BCUT2D eigenvalue weighted by molar-refractivity contribution is 0.0336. The van der Waals surface area contributed by atoms with Gasteiger partial charge in [-0.1, -0.05) is 0 Å². The summed E-state index contributed by atoms with van der Waals surface area (Å²) < 4.78 is 0. The topological polar surface area (TPSA) is 34.1 Å². The Kier molecular flexibility index (Phi) is 1.83. The third-order valence-electron chi connectivity index (χ3n) is 1.81. The molecule has 0 aromatic carbocycles. The fourth-order valence-corrected chi connectivity index (χ4v) is 1.22. The number of hydrogen-bond donors (Lipinski definition) is 1. The number of nitrogens with one attached hydrogen (secondary N) is 1. The van der Waals surface area contributed by atoms with Crippen molar-refractivity contribution in [3.05, 3.63) is 30.1 Å². The lowest BCUT2D eigenvalue weighted by Gasteiger charge is -2.06. The smallest absolute Gasteiger partial charge is 0.105 e. The summed E-state index contributed by atoms with van der Waals surface area (Å²) in [5, 5.41) is 0. The zero-order chi connectivity index (χ0) is 7.52. The highest BCUT2D eigenvalue weighted by Gasteiger charge is 2.16. The van der Waals surface area contributed by atoms with Crippen molar-refractivity contribution in [3.8, 4) is 0 Å². The van der Waals surface area contributed by atoms with E-state index in [2.05, 4.69) is 10.5 Å². The zero-order valence-corrected chi connectivity index (χ0v) is 6.16. The molecule has 2 rings (SSSR count). The summed E-state index contributed by atoms with van der Waals surface area (Å²) >= 11 is 0. The fourth-order valence-electron chi connectivity index (χ4n) is 1.22. The minimum atomic E-state index is 0.220. The predicted octanol–water partition coefficient (Wildman–Crippen LogP) is 1.05. The van der Waals surface area contributed by atoms with Gasteiger partial charge in [-0.15, -0.1) is 0 Å². The third kappa shape index (κ3) is 1.39. The first-order valence-corrected chi connectivity index (χ1v) is 3.75. The van der Waals surface area contributed by atoms with Crippen LogP contribution in [0.2, 0.25) is 0 Å². The van der Waals surface area contributed by atoms with E-state index >= 15 is 0 Å². The van der Waals surface area contributed by atoms with E-state index in [1.165, 1.54) is 5.56 Å². The molecular formula is C8H10N2O. The van der Waals surface area contributed by atoms with Crippen molar-refractivity contribution in [2.24, 2.45) is 0 Å². The molecule has 1 aromatic heterocycles. The maximum atomic E-state index is 5.26. The molecular weight excluding hydrogens is 140 g/mol. The van der Waals surface area contributed by atoms with Crippen LogP contribution in [-0.4, -0.2) is 11.5 Å². The van der Waals surface area contributed by atoms with E-state index in [0.29, 0.717) is 0 Å². The van der Waals surface area contributed by atoms with Gasteiger partial charge in [0.2, 0.25) is 0 Å². The van der Waals surface area contributed by atoms with Crippen LogP contribution in [0.25, 0.3) is 0 Å². The second-order valence-corrected chi connectivity index (χ2v) is 2.57. The van der Waals surface area contributed by atoms with Gasteiger partial charge in [0.05, 0.1) is 0 Å². The van der Waals surface area contributed by atoms with Crippen molar-refractivity contribution in [2.75, 3.05) is 6.54 Å². The molecule has 0 radical (unpaired) electrons. The van der Waals surface area contributed by atoms with Crippen molar-refractivity contribution >= 4 is 0 Å². The largest absolute Gasteiger partial charge is 0.294 e. The highest BCUT2D eigenvalue weighted by atomic mass is 16.7. The monoisotopic (exact) mass is 150 g/mol. The predicted molar refractivity (Wildman–Crippen MR) is 40.7 cm³/mol. The molecule has 1 fully saturated rings. The summed E-state index contributed by atoms with van der Waals surface area (Å²) in [5.41, 5.74) is 4.05. The molecule has 1 saturated heterocycles. The van der Waals surface area contributed by atoms with Gasteiger partial charge in [-0.2, -0.15) is 0 Å².